The second-order valence-electron chi connectivity index (χ2n) is 8.08. The molecule has 0 radical (unpaired) electrons. The van der Waals surface area contributed by atoms with Crippen LogP contribution in [-0.2, 0) is 11.0 Å². The molecule has 7 nitrogen and oxygen atoms in total. The van der Waals surface area contributed by atoms with E-state index in [4.69, 9.17) is 4.98 Å². The Balaban J connectivity index is 1.83. The van der Waals surface area contributed by atoms with E-state index in [-0.39, 0.29) is 18.0 Å². The number of hydrogen-bond acceptors (Lipinski definition) is 6. The summed E-state index contributed by atoms with van der Waals surface area (Å²) in [5.74, 6) is 0.919. The highest BCUT2D eigenvalue weighted by Gasteiger charge is 2.38. The first-order valence-electron chi connectivity index (χ1n) is 10.5. The minimum Gasteiger partial charge on any atom is -0.340 e. The number of nitrogens with zero attached hydrogens (tertiary/aromatic N) is 6. The molecule has 10 heteroatoms. The first-order chi connectivity index (χ1) is 15.6. The van der Waals surface area contributed by atoms with Crippen LogP contribution in [0.15, 0.2) is 43.0 Å². The van der Waals surface area contributed by atoms with Gasteiger partial charge >= 0.3 is 6.18 Å². The average Bonchev–Trinajstić information content (AvgIpc) is 2.80. The van der Waals surface area contributed by atoms with E-state index in [9.17, 15) is 18.0 Å². The molecule has 4 rings (SSSR count). The highest BCUT2D eigenvalue weighted by Crippen LogP contribution is 2.38. The summed E-state index contributed by atoms with van der Waals surface area (Å²) in [7, 11) is 1.70. The van der Waals surface area contributed by atoms with Crippen molar-refractivity contribution >= 4 is 17.4 Å². The number of halogens is 3. The van der Waals surface area contributed by atoms with E-state index in [2.05, 4.69) is 15.0 Å². The van der Waals surface area contributed by atoms with Gasteiger partial charge in [0, 0.05) is 24.8 Å². The molecule has 0 aliphatic carbocycles. The molecule has 1 atom stereocenters. The number of carbonyl (C=O) groups is 1. The van der Waals surface area contributed by atoms with Crippen molar-refractivity contribution < 1.29 is 18.0 Å². The predicted molar refractivity (Wildman–Crippen MR) is 119 cm³/mol. The molecule has 0 fully saturated rings. The maximum absolute atomic E-state index is 13.0. The standard InChI is InChI=1S/C23H23F3N6O/c1-5-17-22(33)31(4)18-11-28-20(30-21(18)32(17)13(2)3)16-10-27-12-29-19(16)14-6-8-15(9-7-14)23(24,25)26/h6-13,17H,5H2,1-4H3. The monoisotopic (exact) mass is 456 g/mol. The summed E-state index contributed by atoms with van der Waals surface area (Å²) in [6.07, 6.45) is 0.644. The van der Waals surface area contributed by atoms with Crippen LogP contribution in [0.1, 0.15) is 32.8 Å². The van der Waals surface area contributed by atoms with Crippen molar-refractivity contribution in [1.29, 1.82) is 0 Å². The number of fused-ring (bicyclic) bond motifs is 1. The Bertz CT molecular complexity index is 1180. The predicted octanol–water partition coefficient (Wildman–Crippen LogP) is 4.59. The largest absolute Gasteiger partial charge is 0.416 e. The lowest BCUT2D eigenvalue weighted by Gasteiger charge is -2.42. The molecular weight excluding hydrogens is 433 g/mol. The van der Waals surface area contributed by atoms with E-state index in [0.29, 0.717) is 40.6 Å². The van der Waals surface area contributed by atoms with E-state index < -0.39 is 11.7 Å². The van der Waals surface area contributed by atoms with Gasteiger partial charge in [0.25, 0.3) is 0 Å². The van der Waals surface area contributed by atoms with Crippen molar-refractivity contribution in [3.05, 3.63) is 48.5 Å². The SMILES string of the molecule is CCC1C(=O)N(C)c2cnc(-c3cncnc3-c3ccc(C(F)(F)F)cc3)nc2N1C(C)C. The Kier molecular flexibility index (Phi) is 5.77. The Labute approximate surface area is 189 Å². The van der Waals surface area contributed by atoms with Gasteiger partial charge in [-0.25, -0.2) is 19.9 Å². The summed E-state index contributed by atoms with van der Waals surface area (Å²) >= 11 is 0. The fraction of sp³-hybridized carbons (Fsp3) is 0.348. The summed E-state index contributed by atoms with van der Waals surface area (Å²) in [5, 5.41) is 0. The van der Waals surface area contributed by atoms with Gasteiger partial charge in [0.15, 0.2) is 11.6 Å². The van der Waals surface area contributed by atoms with Gasteiger partial charge in [-0.3, -0.25) is 4.79 Å². The topological polar surface area (TPSA) is 75.1 Å². The lowest BCUT2D eigenvalue weighted by atomic mass is 10.0. The average molecular weight is 456 g/mol. The number of anilines is 2. The van der Waals surface area contributed by atoms with Gasteiger partial charge in [-0.1, -0.05) is 19.1 Å². The molecule has 1 aliphatic rings. The zero-order valence-corrected chi connectivity index (χ0v) is 18.6. The molecule has 2 aromatic heterocycles. The summed E-state index contributed by atoms with van der Waals surface area (Å²) < 4.78 is 38.9. The number of rotatable bonds is 4. The van der Waals surface area contributed by atoms with Gasteiger partial charge in [0.1, 0.15) is 18.1 Å². The van der Waals surface area contributed by atoms with Crippen molar-refractivity contribution in [2.24, 2.45) is 0 Å². The number of alkyl halides is 3. The molecule has 1 aliphatic heterocycles. The number of carbonyl (C=O) groups excluding carboxylic acids is 1. The lowest BCUT2D eigenvalue weighted by molar-refractivity contribution is -0.137. The van der Waals surface area contributed by atoms with E-state index in [1.54, 1.807) is 18.1 Å². The van der Waals surface area contributed by atoms with Crippen molar-refractivity contribution in [2.45, 2.75) is 45.5 Å². The maximum Gasteiger partial charge on any atom is 0.416 e. The second-order valence-corrected chi connectivity index (χ2v) is 8.08. The zero-order chi connectivity index (χ0) is 23.9. The highest BCUT2D eigenvalue weighted by atomic mass is 19.4. The zero-order valence-electron chi connectivity index (χ0n) is 18.6. The third kappa shape index (κ3) is 4.01. The molecule has 0 bridgehead atoms. The van der Waals surface area contributed by atoms with Crippen molar-refractivity contribution in [2.75, 3.05) is 16.8 Å². The van der Waals surface area contributed by atoms with E-state index in [1.807, 2.05) is 25.7 Å². The minimum atomic E-state index is -4.42. The third-order valence-electron chi connectivity index (χ3n) is 5.69. The molecule has 1 aromatic carbocycles. The van der Waals surface area contributed by atoms with Crippen molar-refractivity contribution in [1.82, 2.24) is 19.9 Å². The second kappa shape index (κ2) is 8.42. The van der Waals surface area contributed by atoms with Crippen LogP contribution < -0.4 is 9.80 Å². The first kappa shape index (κ1) is 22.6. The number of likely N-dealkylation sites (N-methyl/N-ethyl adjacent to an activating group) is 1. The Morgan fingerprint density at radius 1 is 1.09 bits per heavy atom. The summed E-state index contributed by atoms with van der Waals surface area (Å²) in [6.45, 7) is 5.94. The number of amides is 1. The molecule has 33 heavy (non-hydrogen) atoms. The molecule has 1 unspecified atom stereocenters. The molecule has 3 aromatic rings. The molecule has 0 saturated carbocycles. The number of aromatic nitrogens is 4. The molecule has 1 amide bonds. The van der Waals surface area contributed by atoms with E-state index in [1.165, 1.54) is 24.7 Å². The normalized spacial score (nSPS) is 16.4. The molecular formula is C23H23F3N6O. The molecule has 0 saturated heterocycles. The van der Waals surface area contributed by atoms with Crippen LogP contribution in [0.5, 0.6) is 0 Å². The van der Waals surface area contributed by atoms with Crippen LogP contribution in [0.25, 0.3) is 22.6 Å². The lowest BCUT2D eigenvalue weighted by Crippen LogP contribution is -2.54. The molecule has 0 spiro atoms. The molecule has 3 heterocycles. The summed E-state index contributed by atoms with van der Waals surface area (Å²) in [6, 6.07) is 4.42. The Morgan fingerprint density at radius 3 is 2.39 bits per heavy atom. The van der Waals surface area contributed by atoms with Gasteiger partial charge in [0.05, 0.1) is 23.0 Å². The fourth-order valence-corrected chi connectivity index (χ4v) is 4.05. The maximum atomic E-state index is 13.0. The molecule has 0 N–H and O–H groups in total. The van der Waals surface area contributed by atoms with Gasteiger partial charge in [-0.2, -0.15) is 13.2 Å². The van der Waals surface area contributed by atoms with Crippen LogP contribution in [0.2, 0.25) is 0 Å². The van der Waals surface area contributed by atoms with Crippen LogP contribution in [0, 0.1) is 0 Å². The first-order valence-corrected chi connectivity index (χ1v) is 10.5. The molecule has 172 valence electrons. The van der Waals surface area contributed by atoms with Gasteiger partial charge in [-0.15, -0.1) is 0 Å². The van der Waals surface area contributed by atoms with Gasteiger partial charge in [-0.05, 0) is 32.4 Å². The Hall–Kier alpha value is -3.56. The van der Waals surface area contributed by atoms with E-state index >= 15 is 0 Å². The van der Waals surface area contributed by atoms with Gasteiger partial charge in [0.2, 0.25) is 5.91 Å². The Morgan fingerprint density at radius 2 is 1.79 bits per heavy atom. The quantitative estimate of drug-likeness (QED) is 0.572. The number of benzene rings is 1. The van der Waals surface area contributed by atoms with Gasteiger partial charge < -0.3 is 9.80 Å². The summed E-state index contributed by atoms with van der Waals surface area (Å²) in [4.78, 5) is 34.0. The van der Waals surface area contributed by atoms with Crippen LogP contribution in [-0.4, -0.2) is 45.0 Å². The third-order valence-corrected chi connectivity index (χ3v) is 5.69. The highest BCUT2D eigenvalue weighted by molar-refractivity contribution is 6.04. The van der Waals surface area contributed by atoms with Crippen molar-refractivity contribution in [3.63, 3.8) is 0 Å². The summed E-state index contributed by atoms with van der Waals surface area (Å²) in [5.41, 5.74) is 1.24. The number of hydrogen-bond donors (Lipinski definition) is 0. The van der Waals surface area contributed by atoms with E-state index in [0.717, 1.165) is 12.1 Å². The van der Waals surface area contributed by atoms with Crippen molar-refractivity contribution in [3.8, 4) is 22.6 Å². The smallest absolute Gasteiger partial charge is 0.340 e. The fourth-order valence-electron chi connectivity index (χ4n) is 4.05. The van der Waals surface area contributed by atoms with Crippen LogP contribution in [0.3, 0.4) is 0 Å². The van der Waals surface area contributed by atoms with Crippen LogP contribution in [0.4, 0.5) is 24.7 Å². The van der Waals surface area contributed by atoms with Crippen LogP contribution >= 0.6 is 0 Å². The minimum absolute atomic E-state index is 0.00973.